The number of nitrogens with zero attached hydrogens (tertiary/aromatic N) is 2. The Balaban J connectivity index is 3.01. The average Bonchev–Trinajstić information content (AvgIpc) is 2.45. The number of ether oxygens (including phenoxy) is 2. The van der Waals surface area contributed by atoms with Crippen molar-refractivity contribution in [1.82, 2.24) is 4.90 Å². The molecule has 0 heterocycles. The van der Waals surface area contributed by atoms with E-state index in [4.69, 9.17) is 9.47 Å². The van der Waals surface area contributed by atoms with E-state index in [1.54, 1.807) is 0 Å². The maximum absolute atomic E-state index is 12.3. The van der Waals surface area contributed by atoms with Crippen molar-refractivity contribution in [2.24, 2.45) is 0 Å². The van der Waals surface area contributed by atoms with Crippen LogP contribution in [-0.2, 0) is 4.74 Å². The number of aliphatic hydroxyl groups is 1. The molecule has 1 rings (SSSR count). The Morgan fingerprint density at radius 2 is 2.14 bits per heavy atom. The van der Waals surface area contributed by atoms with Crippen molar-refractivity contribution in [3.8, 4) is 5.75 Å². The number of benzene rings is 1. The first kappa shape index (κ1) is 16.9. The Morgan fingerprint density at radius 3 is 2.67 bits per heavy atom. The predicted octanol–water partition coefficient (Wildman–Crippen LogP) is 0.683. The topological polar surface area (TPSA) is 102 Å². The Morgan fingerprint density at radius 1 is 1.48 bits per heavy atom. The summed E-state index contributed by atoms with van der Waals surface area (Å²) < 4.78 is 9.77. The van der Waals surface area contributed by atoms with Crippen LogP contribution in [0.5, 0.6) is 5.75 Å². The fourth-order valence-electron chi connectivity index (χ4n) is 1.90. The zero-order valence-corrected chi connectivity index (χ0v) is 12.1. The molecule has 0 aliphatic carbocycles. The van der Waals surface area contributed by atoms with Crippen LogP contribution in [0.2, 0.25) is 0 Å². The van der Waals surface area contributed by atoms with E-state index >= 15 is 0 Å². The molecule has 1 atom stereocenters. The molecule has 0 aromatic heterocycles. The molecule has 21 heavy (non-hydrogen) atoms. The zero-order valence-electron chi connectivity index (χ0n) is 12.1. The number of para-hydroxylation sites is 1. The van der Waals surface area contributed by atoms with Crippen LogP contribution in [0.25, 0.3) is 0 Å². The molecule has 1 N–H and O–H groups in total. The standard InChI is InChI=1S/C13H18N2O6/c1-14(7-9(16)8-20-2)13(17)10-5-4-6-11(15(18)19)12(10)21-3/h4-6,9,16H,7-8H2,1-3H3. The van der Waals surface area contributed by atoms with Crippen LogP contribution in [-0.4, -0.2) is 61.4 Å². The van der Waals surface area contributed by atoms with Crippen molar-refractivity contribution in [2.45, 2.75) is 6.10 Å². The molecule has 1 aromatic carbocycles. The van der Waals surface area contributed by atoms with E-state index in [2.05, 4.69) is 0 Å². The number of nitro benzene ring substituents is 1. The lowest BCUT2D eigenvalue weighted by Gasteiger charge is -2.21. The summed E-state index contributed by atoms with van der Waals surface area (Å²) in [6.07, 6.45) is -0.839. The molecule has 0 spiro atoms. The number of aliphatic hydroxyl groups excluding tert-OH is 1. The van der Waals surface area contributed by atoms with E-state index in [-0.39, 0.29) is 30.2 Å². The molecule has 0 radical (unpaired) electrons. The van der Waals surface area contributed by atoms with Crippen molar-refractivity contribution in [3.63, 3.8) is 0 Å². The summed E-state index contributed by atoms with van der Waals surface area (Å²) in [5.41, 5.74) is -0.215. The van der Waals surface area contributed by atoms with E-state index in [1.807, 2.05) is 0 Å². The molecule has 0 aliphatic heterocycles. The van der Waals surface area contributed by atoms with E-state index in [0.717, 1.165) is 0 Å². The van der Waals surface area contributed by atoms with Gasteiger partial charge in [0.15, 0.2) is 0 Å². The summed E-state index contributed by atoms with van der Waals surface area (Å²) >= 11 is 0. The minimum atomic E-state index is -0.839. The lowest BCUT2D eigenvalue weighted by Crippen LogP contribution is -2.36. The van der Waals surface area contributed by atoms with Crippen LogP contribution in [0, 0.1) is 10.1 Å². The molecule has 0 saturated carbocycles. The summed E-state index contributed by atoms with van der Waals surface area (Å²) in [7, 11) is 4.19. The van der Waals surface area contributed by atoms with Gasteiger partial charge in [-0.15, -0.1) is 0 Å². The number of carbonyl (C=O) groups is 1. The second kappa shape index (κ2) is 7.55. The van der Waals surface area contributed by atoms with Crippen LogP contribution >= 0.6 is 0 Å². The summed E-state index contributed by atoms with van der Waals surface area (Å²) in [5.74, 6) is -0.578. The zero-order chi connectivity index (χ0) is 16.0. The minimum absolute atomic E-state index is 0.0402. The monoisotopic (exact) mass is 298 g/mol. The number of likely N-dealkylation sites (N-methyl/N-ethyl adjacent to an activating group) is 1. The van der Waals surface area contributed by atoms with Gasteiger partial charge in [0.05, 0.1) is 30.3 Å². The van der Waals surface area contributed by atoms with Crippen molar-refractivity contribution < 1.29 is 24.3 Å². The summed E-state index contributed by atoms with van der Waals surface area (Å²) in [4.78, 5) is 23.9. The van der Waals surface area contributed by atoms with Gasteiger partial charge in [0.2, 0.25) is 5.75 Å². The van der Waals surface area contributed by atoms with Crippen molar-refractivity contribution in [2.75, 3.05) is 34.4 Å². The molecule has 8 nitrogen and oxygen atoms in total. The third kappa shape index (κ3) is 4.14. The van der Waals surface area contributed by atoms with Gasteiger partial charge in [0.1, 0.15) is 0 Å². The lowest BCUT2D eigenvalue weighted by atomic mass is 10.1. The van der Waals surface area contributed by atoms with Crippen LogP contribution in [0.15, 0.2) is 18.2 Å². The van der Waals surface area contributed by atoms with E-state index in [0.29, 0.717) is 0 Å². The second-order valence-electron chi connectivity index (χ2n) is 4.41. The summed E-state index contributed by atoms with van der Waals surface area (Å²) in [6.45, 7) is 0.127. The first-order valence-electron chi connectivity index (χ1n) is 6.16. The Labute approximate surface area is 122 Å². The van der Waals surface area contributed by atoms with E-state index in [9.17, 15) is 20.0 Å². The quantitative estimate of drug-likeness (QED) is 0.586. The van der Waals surface area contributed by atoms with Gasteiger partial charge in [-0.3, -0.25) is 14.9 Å². The van der Waals surface area contributed by atoms with E-state index in [1.165, 1.54) is 44.4 Å². The molecule has 116 valence electrons. The number of nitro groups is 1. The van der Waals surface area contributed by atoms with Gasteiger partial charge in [-0.2, -0.15) is 0 Å². The first-order valence-corrected chi connectivity index (χ1v) is 6.16. The van der Waals surface area contributed by atoms with Crippen LogP contribution in [0.3, 0.4) is 0 Å². The maximum Gasteiger partial charge on any atom is 0.311 e. The molecule has 0 saturated heterocycles. The largest absolute Gasteiger partial charge is 0.490 e. The molecule has 1 aromatic rings. The smallest absolute Gasteiger partial charge is 0.311 e. The summed E-state index contributed by atoms with van der Waals surface area (Å²) in [5, 5.41) is 20.6. The van der Waals surface area contributed by atoms with Gasteiger partial charge in [-0.05, 0) is 6.07 Å². The molecule has 0 bridgehead atoms. The first-order chi connectivity index (χ1) is 9.92. The Hall–Kier alpha value is -2.19. The van der Waals surface area contributed by atoms with Gasteiger partial charge in [-0.1, -0.05) is 6.07 Å². The number of rotatable bonds is 7. The highest BCUT2D eigenvalue weighted by Gasteiger charge is 2.25. The van der Waals surface area contributed by atoms with Gasteiger partial charge >= 0.3 is 5.69 Å². The van der Waals surface area contributed by atoms with Crippen LogP contribution < -0.4 is 4.74 Å². The molecule has 1 amide bonds. The van der Waals surface area contributed by atoms with Gasteiger partial charge in [0.25, 0.3) is 5.91 Å². The minimum Gasteiger partial charge on any atom is -0.490 e. The Bertz CT molecular complexity index is 519. The van der Waals surface area contributed by atoms with Crippen LogP contribution in [0.1, 0.15) is 10.4 Å². The average molecular weight is 298 g/mol. The highest BCUT2D eigenvalue weighted by Crippen LogP contribution is 2.31. The van der Waals surface area contributed by atoms with Crippen molar-refractivity contribution >= 4 is 11.6 Å². The number of carbonyl (C=O) groups excluding carboxylic acids is 1. The highest BCUT2D eigenvalue weighted by molar-refractivity contribution is 5.98. The van der Waals surface area contributed by atoms with Crippen LogP contribution in [0.4, 0.5) is 5.69 Å². The normalized spacial score (nSPS) is 11.8. The number of amides is 1. The SMILES string of the molecule is COCC(O)CN(C)C(=O)c1cccc([N+](=O)[O-])c1OC. The van der Waals surface area contributed by atoms with Crippen molar-refractivity contribution in [1.29, 1.82) is 0 Å². The molecule has 0 fully saturated rings. The molecule has 8 heteroatoms. The van der Waals surface area contributed by atoms with Gasteiger partial charge < -0.3 is 19.5 Å². The molecule has 1 unspecified atom stereocenters. The van der Waals surface area contributed by atoms with Crippen molar-refractivity contribution in [3.05, 3.63) is 33.9 Å². The number of hydrogen-bond acceptors (Lipinski definition) is 6. The lowest BCUT2D eigenvalue weighted by molar-refractivity contribution is -0.385. The Kier molecular flexibility index (Phi) is 6.07. The summed E-state index contributed by atoms with van der Waals surface area (Å²) in [6, 6.07) is 4.11. The van der Waals surface area contributed by atoms with Gasteiger partial charge in [0, 0.05) is 26.8 Å². The van der Waals surface area contributed by atoms with Gasteiger partial charge in [-0.25, -0.2) is 0 Å². The molecule has 0 aliphatic rings. The highest BCUT2D eigenvalue weighted by atomic mass is 16.6. The third-order valence-corrected chi connectivity index (χ3v) is 2.82. The fraction of sp³-hybridized carbons (Fsp3) is 0.462. The number of methoxy groups -OCH3 is 2. The second-order valence-corrected chi connectivity index (χ2v) is 4.41. The van der Waals surface area contributed by atoms with E-state index < -0.39 is 16.9 Å². The number of hydrogen-bond donors (Lipinski definition) is 1. The fourth-order valence-corrected chi connectivity index (χ4v) is 1.90. The predicted molar refractivity (Wildman–Crippen MR) is 74.5 cm³/mol. The maximum atomic E-state index is 12.3. The molecular formula is C13H18N2O6. The third-order valence-electron chi connectivity index (χ3n) is 2.82. The molecular weight excluding hydrogens is 280 g/mol.